The molecule has 2 rings (SSSR count). The van der Waals surface area contributed by atoms with Gasteiger partial charge in [-0.15, -0.1) is 0 Å². The minimum Gasteiger partial charge on any atom is -0.324 e. The average molecular weight is 332 g/mol. The summed E-state index contributed by atoms with van der Waals surface area (Å²) >= 11 is 3.10. The Morgan fingerprint density at radius 2 is 1.63 bits per heavy atom. The summed E-state index contributed by atoms with van der Waals surface area (Å²) < 4.78 is 28.2. The third-order valence-electron chi connectivity index (χ3n) is 4.07. The molecule has 4 heteroatoms. The lowest BCUT2D eigenvalue weighted by molar-refractivity contribution is 0.316. The maximum atomic E-state index is 14.1. The lowest BCUT2D eigenvalue weighted by atomic mass is 9.83. The van der Waals surface area contributed by atoms with E-state index in [0.29, 0.717) is 0 Å². The molecule has 0 amide bonds. The molecule has 1 aromatic rings. The highest BCUT2D eigenvalue weighted by atomic mass is 79.9. The standard InChI is InChI=1S/C15H20BrF2N/c16-11-8-9-12(17)13(14(11)18)15(19)10-6-4-2-1-3-5-7-10/h8-10,15H,1-7,19H2. The van der Waals surface area contributed by atoms with Gasteiger partial charge in [0, 0.05) is 11.6 Å². The van der Waals surface area contributed by atoms with Gasteiger partial charge >= 0.3 is 0 Å². The monoisotopic (exact) mass is 331 g/mol. The fraction of sp³-hybridized carbons (Fsp3) is 0.600. The van der Waals surface area contributed by atoms with Crippen molar-refractivity contribution in [1.29, 1.82) is 0 Å². The molecule has 1 aromatic carbocycles. The van der Waals surface area contributed by atoms with Crippen molar-refractivity contribution in [2.45, 2.75) is 51.0 Å². The van der Waals surface area contributed by atoms with Crippen LogP contribution < -0.4 is 5.73 Å². The predicted octanol–water partition coefficient (Wildman–Crippen LogP) is 5.09. The van der Waals surface area contributed by atoms with Crippen molar-refractivity contribution in [2.75, 3.05) is 0 Å². The summed E-state index contributed by atoms with van der Waals surface area (Å²) in [5.41, 5.74) is 6.20. The molecule has 0 radical (unpaired) electrons. The van der Waals surface area contributed by atoms with Crippen LogP contribution in [0.4, 0.5) is 8.78 Å². The van der Waals surface area contributed by atoms with E-state index in [1.807, 2.05) is 0 Å². The first-order chi connectivity index (χ1) is 9.11. The molecule has 1 unspecified atom stereocenters. The van der Waals surface area contributed by atoms with Crippen molar-refractivity contribution in [1.82, 2.24) is 0 Å². The van der Waals surface area contributed by atoms with E-state index in [2.05, 4.69) is 15.9 Å². The summed E-state index contributed by atoms with van der Waals surface area (Å²) in [6, 6.07) is 2.13. The predicted molar refractivity (Wildman–Crippen MR) is 76.8 cm³/mol. The Morgan fingerprint density at radius 3 is 2.26 bits per heavy atom. The van der Waals surface area contributed by atoms with Gasteiger partial charge in [-0.05, 0) is 46.8 Å². The highest BCUT2D eigenvalue weighted by Crippen LogP contribution is 2.35. The van der Waals surface area contributed by atoms with Gasteiger partial charge in [0.2, 0.25) is 0 Å². The maximum Gasteiger partial charge on any atom is 0.145 e. The van der Waals surface area contributed by atoms with Crippen molar-refractivity contribution in [3.63, 3.8) is 0 Å². The van der Waals surface area contributed by atoms with Crippen LogP contribution >= 0.6 is 15.9 Å². The van der Waals surface area contributed by atoms with Crippen molar-refractivity contribution < 1.29 is 8.78 Å². The fourth-order valence-corrected chi connectivity index (χ4v) is 3.28. The molecule has 0 heterocycles. The first kappa shape index (κ1) is 14.9. The Morgan fingerprint density at radius 1 is 1.05 bits per heavy atom. The van der Waals surface area contributed by atoms with E-state index < -0.39 is 17.7 Å². The van der Waals surface area contributed by atoms with Gasteiger partial charge in [-0.2, -0.15) is 0 Å². The average Bonchev–Trinajstić information content (AvgIpc) is 2.34. The summed E-state index contributed by atoms with van der Waals surface area (Å²) in [4.78, 5) is 0. The molecular weight excluding hydrogens is 312 g/mol. The second kappa shape index (κ2) is 6.80. The lowest BCUT2D eigenvalue weighted by Crippen LogP contribution is -2.24. The van der Waals surface area contributed by atoms with Crippen LogP contribution in [0.2, 0.25) is 0 Å². The molecule has 0 saturated heterocycles. The first-order valence-electron chi connectivity index (χ1n) is 7.00. The van der Waals surface area contributed by atoms with Crippen LogP contribution in [0.15, 0.2) is 16.6 Å². The number of hydrogen-bond donors (Lipinski definition) is 1. The van der Waals surface area contributed by atoms with Gasteiger partial charge in [0.1, 0.15) is 11.6 Å². The Balaban J connectivity index is 2.22. The van der Waals surface area contributed by atoms with Crippen molar-refractivity contribution in [3.05, 3.63) is 33.8 Å². The molecule has 0 aliphatic heterocycles. The molecule has 1 atom stereocenters. The van der Waals surface area contributed by atoms with E-state index >= 15 is 0 Å². The molecule has 0 aromatic heterocycles. The number of halogens is 3. The van der Waals surface area contributed by atoms with E-state index in [4.69, 9.17) is 5.73 Å². The van der Waals surface area contributed by atoms with Gasteiger partial charge in [-0.3, -0.25) is 0 Å². The SMILES string of the molecule is NC(c1c(F)ccc(Br)c1F)C1CCCCCCC1. The van der Waals surface area contributed by atoms with Crippen LogP contribution in [0.5, 0.6) is 0 Å². The quantitative estimate of drug-likeness (QED) is 0.750. The second-order valence-corrected chi connectivity index (χ2v) is 6.24. The lowest BCUT2D eigenvalue weighted by Gasteiger charge is -2.26. The molecule has 1 saturated carbocycles. The zero-order valence-electron chi connectivity index (χ0n) is 11.0. The number of hydrogen-bond acceptors (Lipinski definition) is 1. The first-order valence-corrected chi connectivity index (χ1v) is 7.79. The van der Waals surface area contributed by atoms with E-state index in [1.165, 1.54) is 31.4 Å². The summed E-state index contributed by atoms with van der Waals surface area (Å²) in [6.45, 7) is 0. The van der Waals surface area contributed by atoms with Gasteiger partial charge in [0.25, 0.3) is 0 Å². The van der Waals surface area contributed by atoms with Gasteiger partial charge in [0.05, 0.1) is 4.47 Å². The summed E-state index contributed by atoms with van der Waals surface area (Å²) in [5.74, 6) is -0.900. The summed E-state index contributed by atoms with van der Waals surface area (Å²) in [5, 5.41) is 0. The van der Waals surface area contributed by atoms with E-state index in [1.54, 1.807) is 0 Å². The Bertz CT molecular complexity index is 428. The molecule has 0 spiro atoms. The zero-order valence-corrected chi connectivity index (χ0v) is 12.6. The van der Waals surface area contributed by atoms with Crippen LogP contribution in [0.25, 0.3) is 0 Å². The molecular formula is C15H20BrF2N. The molecule has 1 aliphatic rings. The van der Waals surface area contributed by atoms with E-state index in [9.17, 15) is 8.78 Å². The number of nitrogens with two attached hydrogens (primary N) is 1. The maximum absolute atomic E-state index is 14.1. The van der Waals surface area contributed by atoms with Crippen LogP contribution in [-0.2, 0) is 0 Å². The van der Waals surface area contributed by atoms with Gasteiger partial charge in [-0.1, -0.05) is 32.1 Å². The highest BCUT2D eigenvalue weighted by Gasteiger charge is 2.26. The third kappa shape index (κ3) is 3.54. The van der Waals surface area contributed by atoms with Crippen molar-refractivity contribution in [3.8, 4) is 0 Å². The molecule has 1 aliphatic carbocycles. The van der Waals surface area contributed by atoms with Crippen molar-refractivity contribution in [2.24, 2.45) is 11.7 Å². The van der Waals surface area contributed by atoms with Crippen LogP contribution in [0.3, 0.4) is 0 Å². The second-order valence-electron chi connectivity index (χ2n) is 5.39. The summed E-state index contributed by atoms with van der Waals surface area (Å²) in [7, 11) is 0. The topological polar surface area (TPSA) is 26.0 Å². The smallest absolute Gasteiger partial charge is 0.145 e. The molecule has 1 fully saturated rings. The van der Waals surface area contributed by atoms with Crippen LogP contribution in [0, 0.1) is 17.6 Å². The highest BCUT2D eigenvalue weighted by molar-refractivity contribution is 9.10. The molecule has 0 bridgehead atoms. The summed E-state index contributed by atoms with van der Waals surface area (Å²) in [6.07, 6.45) is 7.81. The molecule has 106 valence electrons. The van der Waals surface area contributed by atoms with E-state index in [-0.39, 0.29) is 16.0 Å². The van der Waals surface area contributed by atoms with Crippen LogP contribution in [-0.4, -0.2) is 0 Å². The minimum absolute atomic E-state index is 0.0416. The van der Waals surface area contributed by atoms with Gasteiger partial charge < -0.3 is 5.73 Å². The van der Waals surface area contributed by atoms with Crippen molar-refractivity contribution >= 4 is 15.9 Å². The van der Waals surface area contributed by atoms with Gasteiger partial charge in [-0.25, -0.2) is 8.78 Å². The third-order valence-corrected chi connectivity index (χ3v) is 4.68. The van der Waals surface area contributed by atoms with E-state index in [0.717, 1.165) is 25.7 Å². The number of rotatable bonds is 2. The number of benzene rings is 1. The zero-order chi connectivity index (χ0) is 13.8. The Labute approximate surface area is 121 Å². The minimum atomic E-state index is -0.547. The fourth-order valence-electron chi connectivity index (χ4n) is 2.93. The largest absolute Gasteiger partial charge is 0.324 e. The normalized spacial score (nSPS) is 19.8. The Hall–Kier alpha value is -0.480. The Kier molecular flexibility index (Phi) is 5.34. The molecule has 2 N–H and O–H groups in total. The molecule has 19 heavy (non-hydrogen) atoms. The van der Waals surface area contributed by atoms with Crippen LogP contribution in [0.1, 0.15) is 56.6 Å². The van der Waals surface area contributed by atoms with Gasteiger partial charge in [0.15, 0.2) is 0 Å². The molecule has 1 nitrogen and oxygen atoms in total.